The second-order valence-corrected chi connectivity index (χ2v) is 6.25. The van der Waals surface area contributed by atoms with E-state index < -0.39 is 0 Å². The van der Waals surface area contributed by atoms with Crippen molar-refractivity contribution < 1.29 is 14.2 Å². The van der Waals surface area contributed by atoms with Crippen molar-refractivity contribution in [2.75, 3.05) is 32.0 Å². The number of nitrogens with one attached hydrogen (secondary N) is 2. The Morgan fingerprint density at radius 2 is 1.46 bits per heavy atom. The van der Waals surface area contributed by atoms with Gasteiger partial charge < -0.3 is 24.8 Å². The smallest absolute Gasteiger partial charge is 0.229 e. The summed E-state index contributed by atoms with van der Waals surface area (Å²) in [7, 11) is 4.72. The molecule has 3 rings (SSSR count). The summed E-state index contributed by atoms with van der Waals surface area (Å²) in [6.07, 6.45) is 0. The van der Waals surface area contributed by atoms with E-state index in [4.69, 9.17) is 14.2 Å². The van der Waals surface area contributed by atoms with Crippen molar-refractivity contribution in [3.8, 4) is 17.2 Å². The second kappa shape index (κ2) is 8.47. The SMILES string of the molecule is COc1cc(Nc2nc(C)cc(Nc3cccc(C)c3)n2)cc(OC)c1OC. The summed E-state index contributed by atoms with van der Waals surface area (Å²) >= 11 is 0. The monoisotopic (exact) mass is 380 g/mol. The Labute approximate surface area is 164 Å². The van der Waals surface area contributed by atoms with E-state index in [1.54, 1.807) is 33.5 Å². The number of hydrogen-bond donors (Lipinski definition) is 2. The second-order valence-electron chi connectivity index (χ2n) is 6.25. The molecule has 0 aliphatic carbocycles. The molecule has 7 heteroatoms. The zero-order valence-corrected chi connectivity index (χ0v) is 16.7. The van der Waals surface area contributed by atoms with Crippen molar-refractivity contribution in [3.63, 3.8) is 0 Å². The van der Waals surface area contributed by atoms with Gasteiger partial charge in [0.25, 0.3) is 0 Å². The topological polar surface area (TPSA) is 77.5 Å². The van der Waals surface area contributed by atoms with Crippen LogP contribution in [0.1, 0.15) is 11.3 Å². The highest BCUT2D eigenvalue weighted by Crippen LogP contribution is 2.40. The predicted octanol–water partition coefficient (Wildman–Crippen LogP) is 4.61. The average Bonchev–Trinajstić information content (AvgIpc) is 2.66. The first kappa shape index (κ1) is 19.3. The number of rotatable bonds is 7. The van der Waals surface area contributed by atoms with Crippen LogP contribution in [0.2, 0.25) is 0 Å². The molecular weight excluding hydrogens is 356 g/mol. The first-order chi connectivity index (χ1) is 13.5. The highest BCUT2D eigenvalue weighted by molar-refractivity contribution is 5.67. The summed E-state index contributed by atoms with van der Waals surface area (Å²) in [5.41, 5.74) is 3.70. The number of methoxy groups -OCH3 is 3. The minimum Gasteiger partial charge on any atom is -0.493 e. The number of nitrogens with zero attached hydrogens (tertiary/aromatic N) is 2. The van der Waals surface area contributed by atoms with Gasteiger partial charge in [0, 0.05) is 35.3 Å². The molecule has 7 nitrogen and oxygen atoms in total. The molecule has 146 valence electrons. The Hall–Kier alpha value is -3.48. The molecule has 2 N–H and O–H groups in total. The fourth-order valence-electron chi connectivity index (χ4n) is 2.84. The van der Waals surface area contributed by atoms with E-state index in [1.165, 1.54) is 5.56 Å². The highest BCUT2D eigenvalue weighted by Gasteiger charge is 2.14. The Balaban J connectivity index is 1.89. The zero-order valence-electron chi connectivity index (χ0n) is 16.7. The Morgan fingerprint density at radius 1 is 0.750 bits per heavy atom. The van der Waals surface area contributed by atoms with E-state index in [-0.39, 0.29) is 0 Å². The fraction of sp³-hybridized carbons (Fsp3) is 0.238. The van der Waals surface area contributed by atoms with Crippen molar-refractivity contribution in [1.82, 2.24) is 9.97 Å². The van der Waals surface area contributed by atoms with Crippen molar-refractivity contribution in [2.24, 2.45) is 0 Å². The molecule has 1 heterocycles. The summed E-state index contributed by atoms with van der Waals surface area (Å²) in [5.74, 6) is 2.80. The van der Waals surface area contributed by atoms with Crippen molar-refractivity contribution in [2.45, 2.75) is 13.8 Å². The normalized spacial score (nSPS) is 10.3. The molecule has 2 aromatic carbocycles. The van der Waals surface area contributed by atoms with Gasteiger partial charge in [-0.25, -0.2) is 4.98 Å². The van der Waals surface area contributed by atoms with Crippen molar-refractivity contribution in [3.05, 3.63) is 53.7 Å². The third-order valence-corrected chi connectivity index (χ3v) is 4.07. The van der Waals surface area contributed by atoms with Crippen LogP contribution in [0.3, 0.4) is 0 Å². The molecule has 28 heavy (non-hydrogen) atoms. The molecule has 0 fully saturated rings. The quantitative estimate of drug-likeness (QED) is 0.620. The summed E-state index contributed by atoms with van der Waals surface area (Å²) in [6.45, 7) is 3.97. The highest BCUT2D eigenvalue weighted by atomic mass is 16.5. The largest absolute Gasteiger partial charge is 0.493 e. The third kappa shape index (κ3) is 4.43. The van der Waals surface area contributed by atoms with Gasteiger partial charge in [-0.3, -0.25) is 0 Å². The minimum absolute atomic E-state index is 0.462. The predicted molar refractivity (Wildman–Crippen MR) is 111 cm³/mol. The first-order valence-corrected chi connectivity index (χ1v) is 8.78. The molecule has 3 aromatic rings. The van der Waals surface area contributed by atoms with Crippen LogP contribution >= 0.6 is 0 Å². The van der Waals surface area contributed by atoms with Crippen molar-refractivity contribution >= 4 is 23.1 Å². The standard InChI is InChI=1S/C21H24N4O3/c1-13-7-6-8-15(9-13)23-19-10-14(2)22-21(25-19)24-16-11-17(26-3)20(28-5)18(12-16)27-4/h6-12H,1-5H3,(H2,22,23,24,25). The molecule has 0 atom stereocenters. The number of aromatic nitrogens is 2. The molecule has 0 bridgehead atoms. The molecule has 0 saturated carbocycles. The van der Waals surface area contributed by atoms with E-state index >= 15 is 0 Å². The lowest BCUT2D eigenvalue weighted by molar-refractivity contribution is 0.324. The Morgan fingerprint density at radius 3 is 2.07 bits per heavy atom. The van der Waals surface area contributed by atoms with Gasteiger partial charge in [0.2, 0.25) is 11.7 Å². The molecule has 0 saturated heterocycles. The molecule has 0 unspecified atom stereocenters. The summed E-state index contributed by atoms with van der Waals surface area (Å²) < 4.78 is 16.2. The molecule has 0 aliphatic rings. The summed E-state index contributed by atoms with van der Waals surface area (Å²) in [5, 5.41) is 6.52. The number of hydrogen-bond acceptors (Lipinski definition) is 7. The molecular formula is C21H24N4O3. The minimum atomic E-state index is 0.462. The van der Waals surface area contributed by atoms with Crippen LogP contribution in [0.4, 0.5) is 23.1 Å². The first-order valence-electron chi connectivity index (χ1n) is 8.78. The Kier molecular flexibility index (Phi) is 5.84. The van der Waals surface area contributed by atoms with E-state index in [0.717, 1.165) is 17.1 Å². The van der Waals surface area contributed by atoms with Crippen LogP contribution in [-0.4, -0.2) is 31.3 Å². The molecule has 0 amide bonds. The molecule has 0 aliphatic heterocycles. The van der Waals surface area contributed by atoms with Crippen molar-refractivity contribution in [1.29, 1.82) is 0 Å². The maximum absolute atomic E-state index is 5.40. The van der Waals surface area contributed by atoms with Gasteiger partial charge in [0.15, 0.2) is 11.5 Å². The van der Waals surface area contributed by atoms with Gasteiger partial charge in [-0.05, 0) is 31.5 Å². The maximum atomic E-state index is 5.40. The number of ether oxygens (including phenoxy) is 3. The van der Waals surface area contributed by atoms with Gasteiger partial charge in [-0.15, -0.1) is 0 Å². The molecule has 0 radical (unpaired) electrons. The van der Waals surface area contributed by atoms with E-state index in [9.17, 15) is 0 Å². The number of benzene rings is 2. The van der Waals surface area contributed by atoms with Crippen LogP contribution in [0, 0.1) is 13.8 Å². The van der Waals surface area contributed by atoms with Gasteiger partial charge in [-0.2, -0.15) is 4.98 Å². The number of aryl methyl sites for hydroxylation is 2. The lowest BCUT2D eigenvalue weighted by Gasteiger charge is -2.15. The summed E-state index contributed by atoms with van der Waals surface area (Å²) in [6, 6.07) is 13.6. The maximum Gasteiger partial charge on any atom is 0.229 e. The third-order valence-electron chi connectivity index (χ3n) is 4.07. The average molecular weight is 380 g/mol. The van der Waals surface area contributed by atoms with Crippen LogP contribution < -0.4 is 24.8 Å². The Bertz CT molecular complexity index is 951. The molecule has 1 aromatic heterocycles. The summed E-state index contributed by atoms with van der Waals surface area (Å²) in [4.78, 5) is 9.03. The van der Waals surface area contributed by atoms with E-state index in [2.05, 4.69) is 26.7 Å². The van der Waals surface area contributed by atoms with Crippen LogP contribution in [0.5, 0.6) is 17.2 Å². The lowest BCUT2D eigenvalue weighted by Crippen LogP contribution is -2.03. The lowest BCUT2D eigenvalue weighted by atomic mass is 10.2. The van der Waals surface area contributed by atoms with E-state index in [1.807, 2.05) is 38.1 Å². The number of anilines is 4. The van der Waals surface area contributed by atoms with Gasteiger partial charge >= 0.3 is 0 Å². The van der Waals surface area contributed by atoms with E-state index in [0.29, 0.717) is 29.0 Å². The fourth-order valence-corrected chi connectivity index (χ4v) is 2.84. The van der Waals surface area contributed by atoms with Gasteiger partial charge in [0.05, 0.1) is 21.3 Å². The molecule has 0 spiro atoms. The zero-order chi connectivity index (χ0) is 20.1. The van der Waals surface area contributed by atoms with Crippen LogP contribution in [-0.2, 0) is 0 Å². The van der Waals surface area contributed by atoms with Gasteiger partial charge in [0.1, 0.15) is 5.82 Å². The van der Waals surface area contributed by atoms with Gasteiger partial charge in [-0.1, -0.05) is 12.1 Å². The van der Waals surface area contributed by atoms with Crippen LogP contribution in [0.25, 0.3) is 0 Å². The van der Waals surface area contributed by atoms with Crippen LogP contribution in [0.15, 0.2) is 42.5 Å².